The molecule has 0 amide bonds. The van der Waals surface area contributed by atoms with E-state index in [-0.39, 0.29) is 29.7 Å². The van der Waals surface area contributed by atoms with E-state index >= 15 is 0 Å². The van der Waals surface area contributed by atoms with Crippen molar-refractivity contribution in [2.45, 2.75) is 25.4 Å². The molecular weight excluding hydrogens is 413 g/mol. The van der Waals surface area contributed by atoms with E-state index in [9.17, 15) is 5.11 Å². The average molecular weight is 437 g/mol. The summed E-state index contributed by atoms with van der Waals surface area (Å²) in [5.74, 6) is 4.13. The van der Waals surface area contributed by atoms with Crippen molar-refractivity contribution in [1.82, 2.24) is 10.6 Å². The number of phenols is 1. The number of aromatic hydroxyl groups is 1. The van der Waals surface area contributed by atoms with Crippen LogP contribution in [0.4, 0.5) is 0 Å². The van der Waals surface area contributed by atoms with E-state index in [1.807, 2.05) is 17.8 Å². The van der Waals surface area contributed by atoms with E-state index in [0.29, 0.717) is 12.6 Å². The quantitative estimate of drug-likeness (QED) is 0.384. The van der Waals surface area contributed by atoms with Crippen LogP contribution in [-0.4, -0.2) is 42.8 Å². The number of ether oxygens (including phenoxy) is 1. The van der Waals surface area contributed by atoms with Crippen molar-refractivity contribution < 1.29 is 9.84 Å². The smallest absolute Gasteiger partial charge is 0.191 e. The Hall–Kier alpha value is -0.830. The Morgan fingerprint density at radius 3 is 2.95 bits per heavy atom. The fourth-order valence-electron chi connectivity index (χ4n) is 2.25. The van der Waals surface area contributed by atoms with Gasteiger partial charge in [0.15, 0.2) is 5.96 Å². The van der Waals surface area contributed by atoms with Gasteiger partial charge in [0.2, 0.25) is 0 Å². The highest BCUT2D eigenvalue weighted by Gasteiger charge is 2.15. The number of hydrogen-bond acceptors (Lipinski definition) is 4. The summed E-state index contributed by atoms with van der Waals surface area (Å²) in [6, 6.07) is 5.68. The summed E-state index contributed by atoms with van der Waals surface area (Å²) in [5, 5.41) is 16.5. The molecule has 1 aromatic carbocycles. The number of nitrogens with one attached hydrogen (secondary N) is 2. The Labute approximate surface area is 153 Å². The van der Waals surface area contributed by atoms with Gasteiger partial charge in [-0.2, -0.15) is 11.8 Å². The number of benzene rings is 1. The zero-order valence-corrected chi connectivity index (χ0v) is 16.1. The molecule has 1 aromatic rings. The molecule has 124 valence electrons. The van der Waals surface area contributed by atoms with Crippen molar-refractivity contribution >= 4 is 41.7 Å². The molecule has 1 fully saturated rings. The molecule has 5 nitrogen and oxygen atoms in total. The fourth-order valence-corrected chi connectivity index (χ4v) is 3.32. The lowest BCUT2D eigenvalue weighted by molar-refractivity contribution is 0.410. The summed E-state index contributed by atoms with van der Waals surface area (Å²) in [6.45, 7) is 0.503. The van der Waals surface area contributed by atoms with Crippen molar-refractivity contribution in [3.05, 3.63) is 23.8 Å². The Morgan fingerprint density at radius 2 is 2.32 bits per heavy atom. The average Bonchev–Trinajstić information content (AvgIpc) is 2.53. The maximum absolute atomic E-state index is 9.88. The van der Waals surface area contributed by atoms with Crippen LogP contribution in [0.5, 0.6) is 11.5 Å². The van der Waals surface area contributed by atoms with E-state index in [4.69, 9.17) is 4.74 Å². The molecule has 0 aromatic heterocycles. The lowest BCUT2D eigenvalue weighted by Gasteiger charge is -2.24. The molecule has 1 heterocycles. The van der Waals surface area contributed by atoms with Gasteiger partial charge in [0.05, 0.1) is 7.11 Å². The molecule has 1 saturated heterocycles. The molecule has 0 radical (unpaired) electrons. The highest BCUT2D eigenvalue weighted by atomic mass is 127. The van der Waals surface area contributed by atoms with Crippen molar-refractivity contribution in [2.75, 3.05) is 25.7 Å². The van der Waals surface area contributed by atoms with Crippen LogP contribution in [0, 0.1) is 0 Å². The zero-order valence-electron chi connectivity index (χ0n) is 13.0. The van der Waals surface area contributed by atoms with Crippen LogP contribution < -0.4 is 15.4 Å². The molecule has 1 aliphatic rings. The number of rotatable bonds is 4. The molecular formula is C15H24IN3O2S. The third-order valence-electron chi connectivity index (χ3n) is 3.46. The molecule has 1 aliphatic heterocycles. The lowest BCUT2D eigenvalue weighted by Crippen LogP contribution is -2.45. The fraction of sp³-hybridized carbons (Fsp3) is 0.533. The Bertz CT molecular complexity index is 494. The highest BCUT2D eigenvalue weighted by molar-refractivity contribution is 14.0. The topological polar surface area (TPSA) is 65.9 Å². The Kier molecular flexibility index (Phi) is 8.77. The van der Waals surface area contributed by atoms with Crippen molar-refractivity contribution in [3.8, 4) is 11.5 Å². The molecule has 0 bridgehead atoms. The van der Waals surface area contributed by atoms with Crippen LogP contribution in [0.3, 0.4) is 0 Å². The van der Waals surface area contributed by atoms with Crippen molar-refractivity contribution in [1.29, 1.82) is 0 Å². The standard InChI is InChI=1S/C15H23N3O2S.HI/c1-16-15(18-12-4-3-7-21-10-12)17-9-11-8-13(20-2)5-6-14(11)19;/h5-6,8,12,19H,3-4,7,9-10H2,1-2H3,(H2,16,17,18);1H. The number of nitrogens with zero attached hydrogens (tertiary/aromatic N) is 1. The first-order chi connectivity index (χ1) is 10.2. The van der Waals surface area contributed by atoms with E-state index in [1.54, 1.807) is 26.3 Å². The number of guanidine groups is 1. The molecule has 3 N–H and O–H groups in total. The number of thioether (sulfide) groups is 1. The van der Waals surface area contributed by atoms with Gasteiger partial charge >= 0.3 is 0 Å². The first-order valence-corrected chi connectivity index (χ1v) is 8.29. The van der Waals surface area contributed by atoms with Crippen LogP contribution in [0.1, 0.15) is 18.4 Å². The maximum atomic E-state index is 9.88. The van der Waals surface area contributed by atoms with Crippen LogP contribution in [0.25, 0.3) is 0 Å². The summed E-state index contributed by atoms with van der Waals surface area (Å²) < 4.78 is 5.18. The van der Waals surface area contributed by atoms with Gasteiger partial charge in [-0.3, -0.25) is 4.99 Å². The number of hydrogen-bond donors (Lipinski definition) is 3. The largest absolute Gasteiger partial charge is 0.508 e. The molecule has 7 heteroatoms. The van der Waals surface area contributed by atoms with Crippen molar-refractivity contribution in [2.24, 2.45) is 4.99 Å². The van der Waals surface area contributed by atoms with Gasteiger partial charge in [-0.1, -0.05) is 0 Å². The van der Waals surface area contributed by atoms with Gasteiger partial charge < -0.3 is 20.5 Å². The summed E-state index contributed by atoms with van der Waals surface area (Å²) in [6.07, 6.45) is 2.42. The minimum Gasteiger partial charge on any atom is -0.508 e. The normalized spacial score (nSPS) is 18.3. The number of halogens is 1. The zero-order chi connectivity index (χ0) is 15.1. The second-order valence-corrected chi connectivity index (χ2v) is 6.13. The Morgan fingerprint density at radius 1 is 1.50 bits per heavy atom. The van der Waals surface area contributed by atoms with Gasteiger partial charge in [0.25, 0.3) is 0 Å². The molecule has 0 spiro atoms. The number of methoxy groups -OCH3 is 1. The third kappa shape index (κ3) is 5.75. The summed E-state index contributed by atoms with van der Waals surface area (Å²) >= 11 is 1.98. The van der Waals surface area contributed by atoms with Gasteiger partial charge in [0.1, 0.15) is 11.5 Å². The molecule has 0 aliphatic carbocycles. The minimum absolute atomic E-state index is 0. The molecule has 1 unspecified atom stereocenters. The predicted octanol–water partition coefficient (Wildman–Crippen LogP) is 2.58. The van der Waals surface area contributed by atoms with Gasteiger partial charge in [-0.05, 0) is 36.8 Å². The lowest BCUT2D eigenvalue weighted by atomic mass is 10.2. The minimum atomic E-state index is 0. The first kappa shape index (κ1) is 19.2. The van der Waals surface area contributed by atoms with Gasteiger partial charge in [-0.15, -0.1) is 24.0 Å². The SMILES string of the molecule is CN=C(NCc1cc(OC)ccc1O)NC1CCCSC1.I. The molecule has 1 atom stereocenters. The highest BCUT2D eigenvalue weighted by Crippen LogP contribution is 2.22. The maximum Gasteiger partial charge on any atom is 0.191 e. The second-order valence-electron chi connectivity index (χ2n) is 4.98. The van der Waals surface area contributed by atoms with E-state index < -0.39 is 0 Å². The van der Waals surface area contributed by atoms with Crippen LogP contribution >= 0.6 is 35.7 Å². The summed E-state index contributed by atoms with van der Waals surface area (Å²) in [7, 11) is 3.38. The first-order valence-electron chi connectivity index (χ1n) is 7.13. The number of phenolic OH excluding ortho intramolecular Hbond substituents is 1. The summed E-state index contributed by atoms with van der Waals surface area (Å²) in [5.41, 5.74) is 0.787. The summed E-state index contributed by atoms with van der Waals surface area (Å²) in [4.78, 5) is 4.24. The number of aliphatic imine (C=N–C) groups is 1. The van der Waals surface area contributed by atoms with Crippen LogP contribution in [0.15, 0.2) is 23.2 Å². The predicted molar refractivity (Wildman–Crippen MR) is 104 cm³/mol. The van der Waals surface area contributed by atoms with E-state index in [2.05, 4.69) is 15.6 Å². The second kappa shape index (κ2) is 10.0. The third-order valence-corrected chi connectivity index (χ3v) is 4.67. The van der Waals surface area contributed by atoms with Crippen LogP contribution in [-0.2, 0) is 6.54 Å². The van der Waals surface area contributed by atoms with Crippen molar-refractivity contribution in [3.63, 3.8) is 0 Å². The van der Waals surface area contributed by atoms with Crippen LogP contribution in [0.2, 0.25) is 0 Å². The molecule has 0 saturated carbocycles. The van der Waals surface area contributed by atoms with E-state index in [0.717, 1.165) is 23.0 Å². The van der Waals surface area contributed by atoms with Gasteiger partial charge in [-0.25, -0.2) is 0 Å². The van der Waals surface area contributed by atoms with Gasteiger partial charge in [0, 0.05) is 31.0 Å². The van der Waals surface area contributed by atoms with E-state index in [1.165, 1.54) is 18.6 Å². The molecule has 22 heavy (non-hydrogen) atoms. The Balaban J connectivity index is 0.00000242. The molecule has 2 rings (SSSR count). The monoisotopic (exact) mass is 437 g/mol.